The van der Waals surface area contributed by atoms with Crippen LogP contribution in [0.3, 0.4) is 0 Å². The summed E-state index contributed by atoms with van der Waals surface area (Å²) < 4.78 is 4.96. The summed E-state index contributed by atoms with van der Waals surface area (Å²) in [4.78, 5) is 11.5. The van der Waals surface area contributed by atoms with Crippen molar-refractivity contribution < 1.29 is 19.7 Å². The molecule has 2 aliphatic rings. The van der Waals surface area contributed by atoms with E-state index in [0.717, 1.165) is 5.56 Å². The maximum absolute atomic E-state index is 11.5. The zero-order valence-corrected chi connectivity index (χ0v) is 9.04. The van der Waals surface area contributed by atoms with Crippen molar-refractivity contribution in [3.8, 4) is 0 Å². The maximum Gasteiger partial charge on any atom is 0.342 e. The van der Waals surface area contributed by atoms with Crippen molar-refractivity contribution in [3.63, 3.8) is 0 Å². The first-order valence-corrected chi connectivity index (χ1v) is 5.50. The highest BCUT2D eigenvalue weighted by Gasteiger charge is 2.53. The molecule has 2 N–H and O–H groups in total. The smallest absolute Gasteiger partial charge is 0.342 e. The zero-order chi connectivity index (χ0) is 12.0. The minimum Gasteiger partial charge on any atom is -0.457 e. The highest BCUT2D eigenvalue weighted by molar-refractivity contribution is 5.90. The summed E-state index contributed by atoms with van der Waals surface area (Å²) in [6.45, 7) is 0. The van der Waals surface area contributed by atoms with E-state index < -0.39 is 23.8 Å². The summed E-state index contributed by atoms with van der Waals surface area (Å²) in [5.74, 6) is -0.674. The van der Waals surface area contributed by atoms with Crippen molar-refractivity contribution in [2.75, 3.05) is 0 Å². The summed E-state index contributed by atoms with van der Waals surface area (Å²) in [7, 11) is 0. The Labute approximate surface area is 98.1 Å². The summed E-state index contributed by atoms with van der Waals surface area (Å²) >= 11 is 0. The molecule has 0 spiro atoms. The molecule has 1 saturated heterocycles. The third kappa shape index (κ3) is 1.49. The summed E-state index contributed by atoms with van der Waals surface area (Å²) in [5.41, 5.74) is -0.230. The molecular formula is C13H12O4. The number of fused-ring (bicyclic) bond motifs is 2. The average Bonchev–Trinajstić information content (AvgIpc) is 2.59. The third-order valence-corrected chi connectivity index (χ3v) is 3.30. The molecule has 0 aromatic heterocycles. The van der Waals surface area contributed by atoms with Crippen molar-refractivity contribution in [1.82, 2.24) is 0 Å². The van der Waals surface area contributed by atoms with Gasteiger partial charge < -0.3 is 14.9 Å². The van der Waals surface area contributed by atoms with E-state index in [2.05, 4.69) is 0 Å². The molecule has 1 aliphatic heterocycles. The predicted molar refractivity (Wildman–Crippen MR) is 59.9 cm³/mol. The number of aliphatic hydroxyl groups excluding tert-OH is 1. The fraction of sp³-hybridized carbons (Fsp3) is 0.308. The normalized spacial score (nSPS) is 35.4. The molecule has 3 rings (SSSR count). The Morgan fingerprint density at radius 2 is 2.00 bits per heavy atom. The van der Waals surface area contributed by atoms with Crippen LogP contribution in [0.25, 0.3) is 5.57 Å². The highest BCUT2D eigenvalue weighted by atomic mass is 16.6. The van der Waals surface area contributed by atoms with E-state index in [1.54, 1.807) is 0 Å². The summed E-state index contributed by atoms with van der Waals surface area (Å²) in [6.07, 6.45) is 0.0270. The fourth-order valence-corrected chi connectivity index (χ4v) is 2.39. The van der Waals surface area contributed by atoms with Crippen LogP contribution in [0.4, 0.5) is 0 Å². The first-order chi connectivity index (χ1) is 8.10. The standard InChI is InChI=1S/C13H12O4/c14-11-9(8-4-2-1-3-5-8)6-13(16)7-10(11)17-12(13)15/h1-6,10-11,14,16H,7H2/t10-,11-,13+/m1/s1. The van der Waals surface area contributed by atoms with Crippen LogP contribution < -0.4 is 0 Å². The number of carbonyl (C=O) groups is 1. The number of hydrogen-bond donors (Lipinski definition) is 2. The van der Waals surface area contributed by atoms with Gasteiger partial charge in [-0.25, -0.2) is 4.79 Å². The molecule has 3 atom stereocenters. The Kier molecular flexibility index (Phi) is 2.11. The molecule has 0 amide bonds. The van der Waals surface area contributed by atoms with Gasteiger partial charge in [-0.15, -0.1) is 0 Å². The number of rotatable bonds is 1. The van der Waals surface area contributed by atoms with Crippen molar-refractivity contribution in [3.05, 3.63) is 42.0 Å². The largest absolute Gasteiger partial charge is 0.457 e. The van der Waals surface area contributed by atoms with Crippen LogP contribution in [0.1, 0.15) is 12.0 Å². The van der Waals surface area contributed by atoms with Gasteiger partial charge in [0.15, 0.2) is 5.60 Å². The SMILES string of the molecule is O=C1O[C@@H]2C[C@@]1(O)C=C(c1ccccc1)[C@H]2O. The second-order valence-electron chi connectivity index (χ2n) is 4.48. The molecule has 0 saturated carbocycles. The number of aliphatic hydroxyl groups is 2. The van der Waals surface area contributed by atoms with E-state index in [-0.39, 0.29) is 6.42 Å². The molecule has 2 bridgehead atoms. The Morgan fingerprint density at radius 3 is 2.71 bits per heavy atom. The van der Waals surface area contributed by atoms with Gasteiger partial charge in [-0.05, 0) is 17.2 Å². The van der Waals surface area contributed by atoms with Gasteiger partial charge in [-0.1, -0.05) is 30.3 Å². The highest BCUT2D eigenvalue weighted by Crippen LogP contribution is 2.40. The summed E-state index contributed by atoms with van der Waals surface area (Å²) in [5, 5.41) is 20.2. The minimum absolute atomic E-state index is 0.128. The van der Waals surface area contributed by atoms with Gasteiger partial charge >= 0.3 is 5.97 Å². The lowest BCUT2D eigenvalue weighted by Crippen LogP contribution is -2.37. The van der Waals surface area contributed by atoms with Gasteiger partial charge in [-0.2, -0.15) is 0 Å². The second-order valence-corrected chi connectivity index (χ2v) is 4.48. The van der Waals surface area contributed by atoms with E-state index in [1.807, 2.05) is 30.3 Å². The minimum atomic E-state index is -1.57. The molecule has 1 aromatic carbocycles. The first kappa shape index (κ1) is 10.5. The van der Waals surface area contributed by atoms with Gasteiger partial charge in [0.2, 0.25) is 0 Å². The van der Waals surface area contributed by atoms with Crippen molar-refractivity contribution in [2.45, 2.75) is 24.2 Å². The monoisotopic (exact) mass is 232 g/mol. The Hall–Kier alpha value is -1.65. The van der Waals surface area contributed by atoms with Crippen LogP contribution in [-0.2, 0) is 9.53 Å². The molecule has 17 heavy (non-hydrogen) atoms. The quantitative estimate of drug-likeness (QED) is 0.692. The van der Waals surface area contributed by atoms with E-state index in [0.29, 0.717) is 5.57 Å². The van der Waals surface area contributed by atoms with Crippen LogP contribution in [0.15, 0.2) is 36.4 Å². The molecule has 1 aliphatic carbocycles. The molecule has 1 aromatic rings. The number of esters is 1. The molecule has 4 nitrogen and oxygen atoms in total. The van der Waals surface area contributed by atoms with Gasteiger partial charge in [0.25, 0.3) is 0 Å². The lowest BCUT2D eigenvalue weighted by atomic mass is 9.83. The van der Waals surface area contributed by atoms with Gasteiger partial charge in [0.05, 0.1) is 0 Å². The van der Waals surface area contributed by atoms with Gasteiger partial charge in [-0.3, -0.25) is 0 Å². The lowest BCUT2D eigenvalue weighted by Gasteiger charge is -2.26. The van der Waals surface area contributed by atoms with E-state index in [4.69, 9.17) is 4.74 Å². The van der Waals surface area contributed by atoms with Crippen molar-refractivity contribution in [2.24, 2.45) is 0 Å². The van der Waals surface area contributed by atoms with E-state index >= 15 is 0 Å². The number of hydrogen-bond acceptors (Lipinski definition) is 4. The van der Waals surface area contributed by atoms with E-state index in [1.165, 1.54) is 6.08 Å². The third-order valence-electron chi connectivity index (χ3n) is 3.30. The molecular weight excluding hydrogens is 220 g/mol. The molecule has 0 unspecified atom stereocenters. The predicted octanol–water partition coefficient (Wildman–Crippen LogP) is 0.491. The maximum atomic E-state index is 11.5. The van der Waals surface area contributed by atoms with E-state index in [9.17, 15) is 15.0 Å². The van der Waals surface area contributed by atoms with Crippen LogP contribution in [0, 0.1) is 0 Å². The molecule has 4 heteroatoms. The van der Waals surface area contributed by atoms with Crippen LogP contribution >= 0.6 is 0 Å². The number of carbonyl (C=O) groups excluding carboxylic acids is 1. The Morgan fingerprint density at radius 1 is 1.29 bits per heavy atom. The van der Waals surface area contributed by atoms with Crippen molar-refractivity contribution in [1.29, 1.82) is 0 Å². The Bertz CT molecular complexity index is 493. The molecule has 1 heterocycles. The van der Waals surface area contributed by atoms with Crippen LogP contribution in [-0.4, -0.2) is 34.0 Å². The lowest BCUT2D eigenvalue weighted by molar-refractivity contribution is -0.152. The number of benzene rings is 1. The summed E-state index contributed by atoms with van der Waals surface area (Å²) in [6, 6.07) is 9.20. The van der Waals surface area contributed by atoms with Gasteiger partial charge in [0.1, 0.15) is 12.2 Å². The van der Waals surface area contributed by atoms with Crippen LogP contribution in [0.5, 0.6) is 0 Å². The van der Waals surface area contributed by atoms with Crippen molar-refractivity contribution >= 4 is 11.5 Å². The van der Waals surface area contributed by atoms with Gasteiger partial charge in [0, 0.05) is 6.42 Å². The zero-order valence-electron chi connectivity index (χ0n) is 9.04. The second kappa shape index (κ2) is 3.42. The molecule has 0 radical (unpaired) electrons. The number of ether oxygens (including phenoxy) is 1. The Balaban J connectivity index is 2.09. The first-order valence-electron chi connectivity index (χ1n) is 5.50. The van der Waals surface area contributed by atoms with Crippen LogP contribution in [0.2, 0.25) is 0 Å². The molecule has 1 fully saturated rings. The molecule has 88 valence electrons. The topological polar surface area (TPSA) is 66.8 Å². The fourth-order valence-electron chi connectivity index (χ4n) is 2.39. The average molecular weight is 232 g/mol.